The monoisotopic (exact) mass is 277 g/mol. The number of rotatable bonds is 2. The third-order valence-corrected chi connectivity index (χ3v) is 3.63. The quantitative estimate of drug-likeness (QED) is 0.838. The van der Waals surface area contributed by atoms with E-state index in [0.717, 1.165) is 18.7 Å². The van der Waals surface area contributed by atoms with Crippen LogP contribution in [-0.4, -0.2) is 23.3 Å². The summed E-state index contributed by atoms with van der Waals surface area (Å²) in [5.41, 5.74) is 0.901. The summed E-state index contributed by atoms with van der Waals surface area (Å²) in [6, 6.07) is 8.07. The van der Waals surface area contributed by atoms with E-state index < -0.39 is 0 Å². The molecule has 1 aliphatic heterocycles. The van der Waals surface area contributed by atoms with Gasteiger partial charge in [0, 0.05) is 23.7 Å². The van der Waals surface area contributed by atoms with Crippen LogP contribution in [0.15, 0.2) is 28.7 Å². The maximum absolute atomic E-state index is 5.87. The van der Waals surface area contributed by atoms with Crippen molar-refractivity contribution in [3.63, 3.8) is 0 Å². The van der Waals surface area contributed by atoms with Gasteiger partial charge in [-0.3, -0.25) is 0 Å². The van der Waals surface area contributed by atoms with Gasteiger partial charge in [0.05, 0.1) is 0 Å². The lowest BCUT2D eigenvalue weighted by molar-refractivity contribution is 0.543. The molecule has 1 aromatic carbocycles. The fraction of sp³-hybridized carbons (Fsp3) is 0.429. The van der Waals surface area contributed by atoms with Gasteiger partial charge in [0.2, 0.25) is 5.89 Å². The van der Waals surface area contributed by atoms with Crippen LogP contribution < -0.4 is 4.90 Å². The highest BCUT2D eigenvalue weighted by Crippen LogP contribution is 2.24. The van der Waals surface area contributed by atoms with Crippen LogP contribution in [0.4, 0.5) is 6.01 Å². The average molecular weight is 278 g/mol. The molecule has 19 heavy (non-hydrogen) atoms. The topological polar surface area (TPSA) is 42.2 Å². The molecule has 100 valence electrons. The van der Waals surface area contributed by atoms with E-state index in [4.69, 9.17) is 16.0 Å². The molecule has 1 saturated heterocycles. The Morgan fingerprint density at radius 3 is 2.32 bits per heavy atom. The molecule has 0 spiro atoms. The Labute approximate surface area is 117 Å². The molecular weight excluding hydrogens is 262 g/mol. The first-order chi connectivity index (χ1) is 9.33. The number of nitrogens with zero attached hydrogens (tertiary/aromatic N) is 3. The van der Waals surface area contributed by atoms with E-state index in [1.807, 2.05) is 24.3 Å². The summed E-state index contributed by atoms with van der Waals surface area (Å²) >= 11 is 5.87. The van der Waals surface area contributed by atoms with Gasteiger partial charge in [0.25, 0.3) is 0 Å². The van der Waals surface area contributed by atoms with Crippen LogP contribution >= 0.6 is 11.6 Å². The van der Waals surface area contributed by atoms with Gasteiger partial charge in [0.15, 0.2) is 0 Å². The van der Waals surface area contributed by atoms with Crippen molar-refractivity contribution in [2.75, 3.05) is 18.0 Å². The van der Waals surface area contributed by atoms with Gasteiger partial charge in [-0.2, -0.15) is 0 Å². The molecule has 2 aromatic rings. The molecule has 1 aliphatic rings. The Morgan fingerprint density at radius 2 is 1.63 bits per heavy atom. The molecule has 0 atom stereocenters. The van der Waals surface area contributed by atoms with E-state index in [1.54, 1.807) is 0 Å². The Hall–Kier alpha value is -1.55. The van der Waals surface area contributed by atoms with Crippen LogP contribution in [0, 0.1) is 0 Å². The lowest BCUT2D eigenvalue weighted by Crippen LogP contribution is -2.24. The van der Waals surface area contributed by atoms with E-state index in [2.05, 4.69) is 15.1 Å². The van der Waals surface area contributed by atoms with Gasteiger partial charge in [-0.15, -0.1) is 5.10 Å². The summed E-state index contributed by atoms with van der Waals surface area (Å²) in [6.45, 7) is 2.00. The number of hydrogen-bond acceptors (Lipinski definition) is 4. The molecular formula is C14H16ClN3O. The third kappa shape index (κ3) is 2.89. The van der Waals surface area contributed by atoms with Crippen LogP contribution in [0.5, 0.6) is 0 Å². The molecule has 0 N–H and O–H groups in total. The van der Waals surface area contributed by atoms with Crippen molar-refractivity contribution in [1.82, 2.24) is 10.2 Å². The molecule has 0 saturated carbocycles. The summed E-state index contributed by atoms with van der Waals surface area (Å²) in [7, 11) is 0. The number of anilines is 1. The van der Waals surface area contributed by atoms with Gasteiger partial charge in [-0.25, -0.2) is 0 Å². The predicted molar refractivity (Wildman–Crippen MR) is 75.4 cm³/mol. The average Bonchev–Trinajstić information content (AvgIpc) is 2.76. The van der Waals surface area contributed by atoms with E-state index in [0.29, 0.717) is 16.9 Å². The molecule has 1 fully saturated rings. The molecule has 0 aliphatic carbocycles. The summed E-state index contributed by atoms with van der Waals surface area (Å²) in [4.78, 5) is 2.18. The lowest BCUT2D eigenvalue weighted by Gasteiger charge is -2.16. The summed E-state index contributed by atoms with van der Waals surface area (Å²) in [5.74, 6) is 0.552. The Balaban J connectivity index is 1.80. The molecule has 3 rings (SSSR count). The first kappa shape index (κ1) is 12.5. The van der Waals surface area contributed by atoms with Crippen LogP contribution in [0.2, 0.25) is 5.02 Å². The normalized spacial score (nSPS) is 16.4. The van der Waals surface area contributed by atoms with Gasteiger partial charge in [-0.05, 0) is 37.1 Å². The Bertz CT molecular complexity index is 530. The maximum Gasteiger partial charge on any atom is 0.318 e. The fourth-order valence-electron chi connectivity index (χ4n) is 2.31. The van der Waals surface area contributed by atoms with Gasteiger partial charge >= 0.3 is 6.01 Å². The maximum atomic E-state index is 5.87. The second-order valence-electron chi connectivity index (χ2n) is 4.80. The zero-order chi connectivity index (χ0) is 13.1. The molecule has 1 aromatic heterocycles. The zero-order valence-corrected chi connectivity index (χ0v) is 11.4. The Morgan fingerprint density at radius 1 is 0.947 bits per heavy atom. The van der Waals surface area contributed by atoms with Gasteiger partial charge in [0.1, 0.15) is 0 Å². The van der Waals surface area contributed by atoms with E-state index in [-0.39, 0.29) is 0 Å². The van der Waals surface area contributed by atoms with Crippen LogP contribution in [0.3, 0.4) is 0 Å². The standard InChI is InChI=1S/C14H16ClN3O/c15-12-7-5-11(6-8-12)13-16-17-14(19-13)18-9-3-1-2-4-10-18/h5-8H,1-4,9-10H2. The second-order valence-corrected chi connectivity index (χ2v) is 5.23. The number of halogens is 1. The number of benzene rings is 1. The highest BCUT2D eigenvalue weighted by atomic mass is 35.5. The van der Waals surface area contributed by atoms with Crippen molar-refractivity contribution >= 4 is 17.6 Å². The lowest BCUT2D eigenvalue weighted by atomic mass is 10.2. The van der Waals surface area contributed by atoms with Crippen molar-refractivity contribution in [2.45, 2.75) is 25.7 Å². The molecule has 0 amide bonds. The summed E-state index contributed by atoms with van der Waals surface area (Å²) in [5, 5.41) is 8.98. The first-order valence-electron chi connectivity index (χ1n) is 6.67. The van der Waals surface area contributed by atoms with Crippen LogP contribution in [0.25, 0.3) is 11.5 Å². The Kier molecular flexibility index (Phi) is 3.69. The minimum atomic E-state index is 0.552. The van der Waals surface area contributed by atoms with E-state index in [1.165, 1.54) is 25.7 Å². The fourth-order valence-corrected chi connectivity index (χ4v) is 2.44. The van der Waals surface area contributed by atoms with Crippen molar-refractivity contribution in [3.05, 3.63) is 29.3 Å². The molecule has 0 bridgehead atoms. The van der Waals surface area contributed by atoms with Crippen LogP contribution in [0.1, 0.15) is 25.7 Å². The number of hydrogen-bond donors (Lipinski definition) is 0. The summed E-state index contributed by atoms with van der Waals surface area (Å²) < 4.78 is 5.77. The van der Waals surface area contributed by atoms with E-state index >= 15 is 0 Å². The molecule has 0 radical (unpaired) electrons. The third-order valence-electron chi connectivity index (χ3n) is 3.38. The first-order valence-corrected chi connectivity index (χ1v) is 7.05. The minimum Gasteiger partial charge on any atom is -0.403 e. The van der Waals surface area contributed by atoms with Crippen LogP contribution in [-0.2, 0) is 0 Å². The zero-order valence-electron chi connectivity index (χ0n) is 10.7. The van der Waals surface area contributed by atoms with Gasteiger partial charge in [-0.1, -0.05) is 29.5 Å². The van der Waals surface area contributed by atoms with Gasteiger partial charge < -0.3 is 9.32 Å². The van der Waals surface area contributed by atoms with Crippen molar-refractivity contribution < 1.29 is 4.42 Å². The highest BCUT2D eigenvalue weighted by Gasteiger charge is 2.16. The molecule has 4 nitrogen and oxygen atoms in total. The highest BCUT2D eigenvalue weighted by molar-refractivity contribution is 6.30. The predicted octanol–water partition coefficient (Wildman–Crippen LogP) is 3.77. The summed E-state index contributed by atoms with van der Waals surface area (Å²) in [6.07, 6.45) is 4.96. The largest absolute Gasteiger partial charge is 0.403 e. The molecule has 5 heteroatoms. The SMILES string of the molecule is Clc1ccc(-c2nnc(N3CCCCCC3)o2)cc1. The minimum absolute atomic E-state index is 0.552. The van der Waals surface area contributed by atoms with E-state index in [9.17, 15) is 0 Å². The smallest absolute Gasteiger partial charge is 0.318 e. The van der Waals surface area contributed by atoms with Crippen molar-refractivity contribution in [2.24, 2.45) is 0 Å². The molecule has 0 unspecified atom stereocenters. The number of aromatic nitrogens is 2. The van der Waals surface area contributed by atoms with Crippen molar-refractivity contribution in [1.29, 1.82) is 0 Å². The second kappa shape index (κ2) is 5.61. The molecule has 2 heterocycles. The van der Waals surface area contributed by atoms with Crippen molar-refractivity contribution in [3.8, 4) is 11.5 Å².